The smallest absolute Gasteiger partial charge is 0.240 e. The fourth-order valence-electron chi connectivity index (χ4n) is 2.96. The van der Waals surface area contributed by atoms with Crippen molar-refractivity contribution in [3.63, 3.8) is 0 Å². The van der Waals surface area contributed by atoms with Crippen LogP contribution in [0.25, 0.3) is 0 Å². The molecule has 0 amide bonds. The third kappa shape index (κ3) is 4.97. The summed E-state index contributed by atoms with van der Waals surface area (Å²) in [7, 11) is -3.62. The Balaban J connectivity index is 1.58. The molecule has 1 fully saturated rings. The van der Waals surface area contributed by atoms with Crippen molar-refractivity contribution in [1.29, 1.82) is 0 Å². The number of aromatic nitrogens is 1. The molecule has 0 saturated carbocycles. The summed E-state index contributed by atoms with van der Waals surface area (Å²) in [4.78, 5) is 18.4. The minimum Gasteiger partial charge on any atom is -0.297 e. The van der Waals surface area contributed by atoms with Crippen LogP contribution in [0.1, 0.15) is 47.2 Å². The summed E-state index contributed by atoms with van der Waals surface area (Å²) in [5.41, 5.74) is 1.49. The van der Waals surface area contributed by atoms with E-state index in [1.807, 2.05) is 5.38 Å². The molecular weight excluding hydrogens is 370 g/mol. The van der Waals surface area contributed by atoms with Crippen LogP contribution in [-0.2, 0) is 23.1 Å². The van der Waals surface area contributed by atoms with Crippen LogP contribution in [0.3, 0.4) is 0 Å². The van der Waals surface area contributed by atoms with Crippen molar-refractivity contribution in [2.45, 2.75) is 44.2 Å². The Morgan fingerprint density at radius 2 is 1.88 bits per heavy atom. The van der Waals surface area contributed by atoms with E-state index in [2.05, 4.69) is 14.6 Å². The Bertz CT molecular complexity index is 854. The van der Waals surface area contributed by atoms with Crippen LogP contribution >= 0.6 is 11.3 Å². The molecule has 1 saturated heterocycles. The van der Waals surface area contributed by atoms with Gasteiger partial charge in [0.25, 0.3) is 0 Å². The van der Waals surface area contributed by atoms with Crippen LogP contribution in [0.15, 0.2) is 34.5 Å². The molecule has 2 aromatic rings. The minimum absolute atomic E-state index is 0.0917. The van der Waals surface area contributed by atoms with E-state index in [1.165, 1.54) is 61.8 Å². The largest absolute Gasteiger partial charge is 0.297 e. The third-order valence-electron chi connectivity index (χ3n) is 4.42. The van der Waals surface area contributed by atoms with Crippen molar-refractivity contribution >= 4 is 27.1 Å². The van der Waals surface area contributed by atoms with Gasteiger partial charge in [0.2, 0.25) is 10.0 Å². The molecule has 8 heteroatoms. The number of hydrogen-bond acceptors (Lipinski definition) is 6. The number of nitrogens with one attached hydrogen (secondary N) is 1. The number of ketones is 1. The van der Waals surface area contributed by atoms with E-state index in [1.54, 1.807) is 0 Å². The van der Waals surface area contributed by atoms with Crippen molar-refractivity contribution in [2.24, 2.45) is 0 Å². The maximum Gasteiger partial charge on any atom is 0.240 e. The minimum atomic E-state index is -3.62. The number of thiazole rings is 1. The van der Waals surface area contributed by atoms with Gasteiger partial charge in [-0.2, -0.15) is 0 Å². The molecule has 0 aliphatic carbocycles. The lowest BCUT2D eigenvalue weighted by molar-refractivity contribution is 0.101. The Hall–Kier alpha value is -1.61. The summed E-state index contributed by atoms with van der Waals surface area (Å²) in [5, 5.41) is 2.75. The standard InChI is InChI=1S/C18H23N3O3S2/c1-14(22)15-5-7-17(8-6-15)26(23,24)19-11-18-20-16(13-25-18)12-21-9-3-2-4-10-21/h5-8,13,19H,2-4,9-12H2,1H3. The second kappa shape index (κ2) is 8.39. The number of nitrogens with zero attached hydrogens (tertiary/aromatic N) is 2. The van der Waals surface area contributed by atoms with Crippen LogP contribution in [0, 0.1) is 0 Å². The summed E-state index contributed by atoms with van der Waals surface area (Å²) >= 11 is 1.47. The summed E-state index contributed by atoms with van der Waals surface area (Å²) in [6.07, 6.45) is 3.77. The number of Topliss-reactive ketones (excluding diaryl/α,β-unsaturated/α-hetero) is 1. The van der Waals surface area contributed by atoms with Gasteiger partial charge in [0.15, 0.2) is 5.78 Å². The zero-order valence-corrected chi connectivity index (χ0v) is 16.4. The second-order valence-electron chi connectivity index (χ2n) is 6.47. The van der Waals surface area contributed by atoms with Crippen molar-refractivity contribution in [3.8, 4) is 0 Å². The number of rotatable bonds is 7. The van der Waals surface area contributed by atoms with Gasteiger partial charge >= 0.3 is 0 Å². The van der Waals surface area contributed by atoms with Gasteiger partial charge in [0.1, 0.15) is 5.01 Å². The molecule has 1 aliphatic heterocycles. The molecule has 0 unspecified atom stereocenters. The van der Waals surface area contributed by atoms with Gasteiger partial charge in [-0.3, -0.25) is 9.69 Å². The first-order valence-corrected chi connectivity index (χ1v) is 11.1. The molecule has 1 aromatic heterocycles. The number of sulfonamides is 1. The van der Waals surface area contributed by atoms with Gasteiger partial charge in [-0.25, -0.2) is 18.1 Å². The molecule has 6 nitrogen and oxygen atoms in total. The summed E-state index contributed by atoms with van der Waals surface area (Å²) in [6, 6.07) is 5.94. The lowest BCUT2D eigenvalue weighted by Gasteiger charge is -2.25. The molecule has 1 aromatic carbocycles. The van der Waals surface area contributed by atoms with Gasteiger partial charge in [-0.1, -0.05) is 18.6 Å². The number of likely N-dealkylation sites (tertiary alicyclic amines) is 1. The zero-order chi connectivity index (χ0) is 18.6. The van der Waals surface area contributed by atoms with Crippen LogP contribution in [0.5, 0.6) is 0 Å². The van der Waals surface area contributed by atoms with E-state index in [9.17, 15) is 13.2 Å². The lowest BCUT2D eigenvalue weighted by Crippen LogP contribution is -2.29. The van der Waals surface area contributed by atoms with Gasteiger partial charge in [0.05, 0.1) is 17.1 Å². The lowest BCUT2D eigenvalue weighted by atomic mass is 10.1. The molecule has 26 heavy (non-hydrogen) atoms. The Kier molecular flexibility index (Phi) is 6.18. The molecule has 1 N–H and O–H groups in total. The number of carbonyl (C=O) groups is 1. The van der Waals surface area contributed by atoms with Gasteiger partial charge < -0.3 is 0 Å². The molecule has 140 valence electrons. The SMILES string of the molecule is CC(=O)c1ccc(S(=O)(=O)NCc2nc(CN3CCCCC3)cs2)cc1. The van der Waals surface area contributed by atoms with E-state index in [4.69, 9.17) is 0 Å². The van der Waals surface area contributed by atoms with E-state index in [-0.39, 0.29) is 17.2 Å². The monoisotopic (exact) mass is 393 g/mol. The van der Waals surface area contributed by atoms with Crippen LogP contribution in [0.2, 0.25) is 0 Å². The van der Waals surface area contributed by atoms with Crippen LogP contribution < -0.4 is 4.72 Å². The zero-order valence-electron chi connectivity index (χ0n) is 14.8. The van der Waals surface area contributed by atoms with E-state index in [0.29, 0.717) is 5.56 Å². The fourth-order valence-corrected chi connectivity index (χ4v) is 4.76. The Labute approximate surface area is 158 Å². The maximum absolute atomic E-state index is 12.4. The molecule has 2 heterocycles. The highest BCUT2D eigenvalue weighted by atomic mass is 32.2. The molecule has 3 rings (SSSR count). The Morgan fingerprint density at radius 1 is 1.19 bits per heavy atom. The topological polar surface area (TPSA) is 79.4 Å². The molecule has 0 bridgehead atoms. The van der Waals surface area contributed by atoms with Crippen molar-refractivity contribution in [3.05, 3.63) is 45.9 Å². The van der Waals surface area contributed by atoms with E-state index >= 15 is 0 Å². The number of hydrogen-bond donors (Lipinski definition) is 1. The first-order valence-electron chi connectivity index (χ1n) is 8.70. The summed E-state index contributed by atoms with van der Waals surface area (Å²) in [6.45, 7) is 4.66. The summed E-state index contributed by atoms with van der Waals surface area (Å²) in [5.74, 6) is -0.0917. The quantitative estimate of drug-likeness (QED) is 0.732. The van der Waals surface area contributed by atoms with Crippen LogP contribution in [0.4, 0.5) is 0 Å². The van der Waals surface area contributed by atoms with E-state index in [0.717, 1.165) is 30.3 Å². The van der Waals surface area contributed by atoms with E-state index < -0.39 is 10.0 Å². The number of carbonyl (C=O) groups excluding carboxylic acids is 1. The fraction of sp³-hybridized carbons (Fsp3) is 0.444. The van der Waals surface area contributed by atoms with Crippen LogP contribution in [-0.4, -0.2) is 37.2 Å². The van der Waals surface area contributed by atoms with Gasteiger partial charge in [0, 0.05) is 17.5 Å². The molecular formula is C18H23N3O3S2. The molecule has 0 spiro atoms. The van der Waals surface area contributed by atoms with Crippen molar-refractivity contribution in [1.82, 2.24) is 14.6 Å². The van der Waals surface area contributed by atoms with Crippen molar-refractivity contribution in [2.75, 3.05) is 13.1 Å². The normalized spacial score (nSPS) is 15.9. The number of benzene rings is 1. The van der Waals surface area contributed by atoms with Gasteiger partial charge in [-0.15, -0.1) is 11.3 Å². The highest BCUT2D eigenvalue weighted by molar-refractivity contribution is 7.89. The molecule has 0 radical (unpaired) electrons. The predicted octanol–water partition coefficient (Wildman–Crippen LogP) is 2.81. The van der Waals surface area contributed by atoms with Gasteiger partial charge in [-0.05, 0) is 45.0 Å². The highest BCUT2D eigenvalue weighted by Crippen LogP contribution is 2.17. The molecule has 1 aliphatic rings. The predicted molar refractivity (Wildman–Crippen MR) is 102 cm³/mol. The Morgan fingerprint density at radius 3 is 2.54 bits per heavy atom. The maximum atomic E-state index is 12.4. The molecule has 0 atom stereocenters. The highest BCUT2D eigenvalue weighted by Gasteiger charge is 2.16. The van der Waals surface area contributed by atoms with Crippen molar-refractivity contribution < 1.29 is 13.2 Å². The average molecular weight is 394 g/mol. The third-order valence-corrected chi connectivity index (χ3v) is 6.73. The first-order chi connectivity index (χ1) is 12.4. The number of piperidine rings is 1. The summed E-state index contributed by atoms with van der Waals surface area (Å²) < 4.78 is 27.3. The average Bonchev–Trinajstić information content (AvgIpc) is 3.08. The first kappa shape index (κ1) is 19.2. The second-order valence-corrected chi connectivity index (χ2v) is 9.18.